The standard InChI is InChI=1S/C23H24S.C3H6/c1-6-20(16-21-12-8-7-10-18(21)4)22-13-9-11-19(14-22)15-23(24-5)17(2)3;1-3-2/h6-16H,2,4H2,1,3,5H3;3H,1H2,2H3/b20-6+,21-16-,23-15-;. The molecule has 0 aliphatic carbocycles. The summed E-state index contributed by atoms with van der Waals surface area (Å²) in [6, 6.07) is 16.8. The smallest absolute Gasteiger partial charge is 0.00984 e. The van der Waals surface area contributed by atoms with Gasteiger partial charge in [0.05, 0.1) is 0 Å². The lowest BCUT2D eigenvalue weighted by atomic mass is 10.0. The second-order valence-electron chi connectivity index (χ2n) is 6.11. The number of allylic oxidation sites excluding steroid dienone is 4. The Morgan fingerprint density at radius 2 is 1.70 bits per heavy atom. The molecule has 2 aromatic carbocycles. The summed E-state index contributed by atoms with van der Waals surface area (Å²) in [7, 11) is 0. The number of hydrogen-bond acceptors (Lipinski definition) is 1. The van der Waals surface area contributed by atoms with Crippen LogP contribution in [0.25, 0.3) is 24.3 Å². The molecular weight excluding hydrogens is 344 g/mol. The lowest BCUT2D eigenvalue weighted by molar-refractivity contribution is 1.52. The largest absolute Gasteiger partial charge is 0.129 e. The molecule has 2 aromatic rings. The number of thioether (sulfide) groups is 1. The Morgan fingerprint density at radius 1 is 1.04 bits per heavy atom. The Morgan fingerprint density at radius 3 is 2.26 bits per heavy atom. The summed E-state index contributed by atoms with van der Waals surface area (Å²) in [5, 5.41) is 2.19. The summed E-state index contributed by atoms with van der Waals surface area (Å²) < 4.78 is 0. The van der Waals surface area contributed by atoms with Gasteiger partial charge >= 0.3 is 0 Å². The first-order chi connectivity index (χ1) is 13.0. The van der Waals surface area contributed by atoms with Crippen molar-refractivity contribution < 1.29 is 0 Å². The Bertz CT molecular complexity index is 942. The van der Waals surface area contributed by atoms with E-state index in [0.717, 1.165) is 16.0 Å². The van der Waals surface area contributed by atoms with Crippen LogP contribution in [0.3, 0.4) is 0 Å². The average Bonchev–Trinajstić information content (AvgIpc) is 2.66. The van der Waals surface area contributed by atoms with Crippen LogP contribution in [0.5, 0.6) is 0 Å². The van der Waals surface area contributed by atoms with Gasteiger partial charge in [-0.2, -0.15) is 0 Å². The first-order valence-electron chi connectivity index (χ1n) is 8.97. The Balaban J connectivity index is 0.00000114. The lowest BCUT2D eigenvalue weighted by Gasteiger charge is -2.06. The van der Waals surface area contributed by atoms with Crippen LogP contribution in [0, 0.1) is 0 Å². The van der Waals surface area contributed by atoms with Crippen LogP contribution in [0.4, 0.5) is 0 Å². The van der Waals surface area contributed by atoms with Crippen LogP contribution in [0.1, 0.15) is 31.9 Å². The zero-order valence-corrected chi connectivity index (χ0v) is 17.8. The normalized spacial score (nSPS) is 12.2. The maximum absolute atomic E-state index is 4.11. The fourth-order valence-electron chi connectivity index (χ4n) is 2.49. The molecule has 0 aromatic heterocycles. The molecule has 0 N–H and O–H groups in total. The topological polar surface area (TPSA) is 0 Å². The minimum Gasteiger partial charge on any atom is -0.129 e. The molecule has 2 rings (SSSR count). The van der Waals surface area contributed by atoms with E-state index in [1.807, 2.05) is 32.0 Å². The van der Waals surface area contributed by atoms with Crippen LogP contribution in [0.15, 0.2) is 84.3 Å². The number of hydrogen-bond donors (Lipinski definition) is 0. The summed E-state index contributed by atoms with van der Waals surface area (Å²) in [6.45, 7) is 17.5. The highest BCUT2D eigenvalue weighted by molar-refractivity contribution is 8.02. The van der Waals surface area contributed by atoms with Gasteiger partial charge in [0, 0.05) is 4.91 Å². The van der Waals surface area contributed by atoms with Crippen LogP contribution >= 0.6 is 11.8 Å². The maximum atomic E-state index is 4.11. The van der Waals surface area contributed by atoms with Gasteiger partial charge in [0.1, 0.15) is 0 Å². The molecule has 0 heterocycles. The van der Waals surface area contributed by atoms with Crippen molar-refractivity contribution in [1.29, 1.82) is 0 Å². The van der Waals surface area contributed by atoms with E-state index in [0.29, 0.717) is 0 Å². The van der Waals surface area contributed by atoms with Crippen molar-refractivity contribution in [3.63, 3.8) is 0 Å². The molecule has 0 radical (unpaired) electrons. The summed E-state index contributed by atoms with van der Waals surface area (Å²) in [5.74, 6) is 0. The fraction of sp³-hybridized carbons (Fsp3) is 0.154. The zero-order valence-electron chi connectivity index (χ0n) is 17.0. The molecule has 0 spiro atoms. The van der Waals surface area contributed by atoms with E-state index >= 15 is 0 Å². The molecule has 0 saturated carbocycles. The van der Waals surface area contributed by atoms with Gasteiger partial charge < -0.3 is 0 Å². The Labute approximate surface area is 169 Å². The van der Waals surface area contributed by atoms with E-state index < -0.39 is 0 Å². The van der Waals surface area contributed by atoms with Crippen LogP contribution in [-0.4, -0.2) is 6.26 Å². The van der Waals surface area contributed by atoms with E-state index in [1.54, 1.807) is 17.8 Å². The minimum atomic E-state index is 1.04. The first kappa shape index (κ1) is 22.5. The molecule has 1 heteroatoms. The Hall–Kier alpha value is -2.51. The molecule has 0 nitrogen and oxygen atoms in total. The summed E-state index contributed by atoms with van der Waals surface area (Å²) in [5.41, 5.74) is 4.69. The van der Waals surface area contributed by atoms with E-state index in [9.17, 15) is 0 Å². The molecule has 0 fully saturated rings. The van der Waals surface area contributed by atoms with Gasteiger partial charge in [-0.1, -0.05) is 67.8 Å². The van der Waals surface area contributed by atoms with Crippen LogP contribution in [0.2, 0.25) is 0 Å². The maximum Gasteiger partial charge on any atom is 0.00984 e. The number of rotatable bonds is 5. The van der Waals surface area contributed by atoms with Gasteiger partial charge in [-0.15, -0.1) is 18.3 Å². The first-order valence-corrected chi connectivity index (χ1v) is 10.2. The van der Waals surface area contributed by atoms with E-state index in [1.165, 1.54) is 21.6 Å². The van der Waals surface area contributed by atoms with Crippen molar-refractivity contribution in [1.82, 2.24) is 0 Å². The molecule has 0 atom stereocenters. The number of benzene rings is 2. The third-order valence-electron chi connectivity index (χ3n) is 3.84. The van der Waals surface area contributed by atoms with Gasteiger partial charge in [-0.25, -0.2) is 0 Å². The SMILES string of the molecule is C=C(C)/C(=C/c1cccc(C(/C=c2/ccccc2=C)=C/C)c1)SC.C=CC. The van der Waals surface area contributed by atoms with Gasteiger partial charge in [-0.3, -0.25) is 0 Å². The van der Waals surface area contributed by atoms with Gasteiger partial charge in [0.15, 0.2) is 0 Å². The fourth-order valence-corrected chi connectivity index (χ4v) is 3.09. The Kier molecular flexibility index (Phi) is 10.00. The highest BCUT2D eigenvalue weighted by Gasteiger charge is 2.01. The molecule has 0 aliphatic rings. The monoisotopic (exact) mass is 374 g/mol. The molecule has 27 heavy (non-hydrogen) atoms. The third kappa shape index (κ3) is 7.32. The molecule has 0 bridgehead atoms. The zero-order chi connectivity index (χ0) is 20.2. The summed E-state index contributed by atoms with van der Waals surface area (Å²) in [4.78, 5) is 1.21. The molecule has 0 unspecified atom stereocenters. The molecular formula is C26H30S. The van der Waals surface area contributed by atoms with Crippen molar-refractivity contribution in [3.05, 3.63) is 106 Å². The molecule has 0 amide bonds. The second-order valence-corrected chi connectivity index (χ2v) is 6.96. The third-order valence-corrected chi connectivity index (χ3v) is 4.74. The van der Waals surface area contributed by atoms with E-state index in [2.05, 4.69) is 81.5 Å². The van der Waals surface area contributed by atoms with Crippen LogP contribution < -0.4 is 10.4 Å². The summed E-state index contributed by atoms with van der Waals surface area (Å²) >= 11 is 1.73. The molecule has 0 aliphatic heterocycles. The highest BCUT2D eigenvalue weighted by atomic mass is 32.2. The summed E-state index contributed by atoms with van der Waals surface area (Å²) in [6.07, 6.45) is 10.4. The highest BCUT2D eigenvalue weighted by Crippen LogP contribution is 2.25. The predicted octanol–water partition coefficient (Wildman–Crippen LogP) is 6.45. The van der Waals surface area contributed by atoms with Crippen molar-refractivity contribution in [3.8, 4) is 0 Å². The minimum absolute atomic E-state index is 1.04. The van der Waals surface area contributed by atoms with Crippen molar-refractivity contribution in [2.24, 2.45) is 0 Å². The van der Waals surface area contributed by atoms with E-state index in [4.69, 9.17) is 0 Å². The van der Waals surface area contributed by atoms with E-state index in [-0.39, 0.29) is 0 Å². The van der Waals surface area contributed by atoms with Crippen molar-refractivity contribution in [2.45, 2.75) is 20.8 Å². The quantitative estimate of drug-likeness (QED) is 0.428. The predicted molar refractivity (Wildman–Crippen MR) is 128 cm³/mol. The van der Waals surface area contributed by atoms with Gasteiger partial charge in [0.25, 0.3) is 0 Å². The molecule has 0 saturated heterocycles. The van der Waals surface area contributed by atoms with Crippen molar-refractivity contribution >= 4 is 36.1 Å². The average molecular weight is 375 g/mol. The van der Waals surface area contributed by atoms with Crippen LogP contribution in [-0.2, 0) is 0 Å². The van der Waals surface area contributed by atoms with Crippen molar-refractivity contribution in [2.75, 3.05) is 6.26 Å². The lowest BCUT2D eigenvalue weighted by Crippen LogP contribution is -2.21. The molecule has 140 valence electrons. The van der Waals surface area contributed by atoms with Gasteiger partial charge in [0.2, 0.25) is 0 Å². The second kappa shape index (κ2) is 12.0. The van der Waals surface area contributed by atoms with Gasteiger partial charge in [-0.05, 0) is 78.0 Å².